The smallest absolute Gasteiger partial charge is 0.150 e. The zero-order valence-electron chi connectivity index (χ0n) is 20.2. The highest BCUT2D eigenvalue weighted by Gasteiger charge is 2.25. The maximum atomic E-state index is 14.7. The third-order valence-corrected chi connectivity index (χ3v) is 7.91. The summed E-state index contributed by atoms with van der Waals surface area (Å²) in [5.41, 5.74) is 3.96. The molecule has 34 heavy (non-hydrogen) atoms. The first-order chi connectivity index (χ1) is 16.0. The molecule has 2 heterocycles. The Balaban J connectivity index is 1.72. The zero-order chi connectivity index (χ0) is 24.6. The summed E-state index contributed by atoms with van der Waals surface area (Å²) in [6.45, 7) is 12.0. The van der Waals surface area contributed by atoms with Crippen molar-refractivity contribution in [2.45, 2.75) is 52.2 Å². The number of rotatable bonds is 8. The largest absolute Gasteiger partial charge is 0.361 e. The second kappa shape index (κ2) is 9.42. The van der Waals surface area contributed by atoms with E-state index < -0.39 is 19.7 Å². The van der Waals surface area contributed by atoms with Crippen LogP contribution >= 0.6 is 0 Å². The molecular weight excluding hydrogens is 455 g/mol. The number of hydrogen-bond donors (Lipinski definition) is 1. The highest BCUT2D eigenvalue weighted by molar-refractivity contribution is 6.76. The van der Waals surface area contributed by atoms with E-state index in [9.17, 15) is 13.2 Å². The van der Waals surface area contributed by atoms with Gasteiger partial charge in [0.15, 0.2) is 0 Å². The average Bonchev–Trinajstić information content (AvgIpc) is 3.31. The lowest BCUT2D eigenvalue weighted by Crippen LogP contribution is -2.22. The normalized spacial score (nSPS) is 13.1. The Labute approximate surface area is 198 Å². The van der Waals surface area contributed by atoms with E-state index >= 15 is 0 Å². The second-order valence-corrected chi connectivity index (χ2v) is 15.6. The van der Waals surface area contributed by atoms with Gasteiger partial charge in [0.25, 0.3) is 0 Å². The number of nitrogens with one attached hydrogen (secondary N) is 1. The van der Waals surface area contributed by atoms with Crippen molar-refractivity contribution in [1.82, 2.24) is 14.5 Å². The first-order valence-corrected chi connectivity index (χ1v) is 15.1. The molecule has 0 amide bonds. The number of imidazole rings is 1. The molecule has 0 fully saturated rings. The van der Waals surface area contributed by atoms with Gasteiger partial charge in [0.2, 0.25) is 0 Å². The molecule has 0 aliphatic heterocycles. The van der Waals surface area contributed by atoms with Gasteiger partial charge in [0.05, 0.1) is 23.2 Å². The number of hydrogen-bond acceptors (Lipinski definition) is 2. The van der Waals surface area contributed by atoms with E-state index in [2.05, 4.69) is 29.6 Å². The van der Waals surface area contributed by atoms with E-state index in [-0.39, 0.29) is 17.3 Å². The summed E-state index contributed by atoms with van der Waals surface area (Å²) in [5.74, 6) is -1.97. The highest BCUT2D eigenvalue weighted by Crippen LogP contribution is 2.40. The standard InChI is InChI=1S/C26H30F3N3OSi/c1-16(24-17(2)32(14-30-24)15-33-10-11-34(3,4)5)23-21-12-20(28)13-22(29)26(21)31-25(23)18-6-8-19(27)9-7-18/h6-9,12-14,16,31H,10-11,15H2,1-5H3. The van der Waals surface area contributed by atoms with Crippen LogP contribution in [0.5, 0.6) is 0 Å². The molecule has 180 valence electrons. The van der Waals surface area contributed by atoms with Crippen molar-refractivity contribution in [3.05, 3.63) is 77.1 Å². The Bertz CT molecular complexity index is 1310. The van der Waals surface area contributed by atoms with Crippen molar-refractivity contribution >= 4 is 19.0 Å². The van der Waals surface area contributed by atoms with Gasteiger partial charge in [-0.15, -0.1) is 0 Å². The fourth-order valence-electron chi connectivity index (χ4n) is 4.23. The Morgan fingerprint density at radius 3 is 2.44 bits per heavy atom. The molecule has 4 rings (SSSR count). The minimum atomic E-state index is -1.17. The molecule has 0 aliphatic rings. The van der Waals surface area contributed by atoms with Gasteiger partial charge in [-0.2, -0.15) is 0 Å². The molecule has 0 saturated carbocycles. The van der Waals surface area contributed by atoms with Crippen molar-refractivity contribution in [1.29, 1.82) is 0 Å². The first kappa shape index (κ1) is 24.3. The van der Waals surface area contributed by atoms with E-state index in [0.29, 0.717) is 35.5 Å². The highest BCUT2D eigenvalue weighted by atomic mass is 28.3. The number of benzene rings is 2. The number of aromatic nitrogens is 3. The van der Waals surface area contributed by atoms with Gasteiger partial charge >= 0.3 is 0 Å². The number of ether oxygens (including phenoxy) is 1. The van der Waals surface area contributed by atoms with E-state index in [1.54, 1.807) is 18.5 Å². The third-order valence-electron chi connectivity index (χ3n) is 6.21. The van der Waals surface area contributed by atoms with E-state index in [1.165, 1.54) is 18.2 Å². The zero-order valence-corrected chi connectivity index (χ0v) is 21.2. The lowest BCUT2D eigenvalue weighted by atomic mass is 9.91. The lowest BCUT2D eigenvalue weighted by Gasteiger charge is -2.16. The average molecular weight is 486 g/mol. The molecule has 1 unspecified atom stereocenters. The van der Waals surface area contributed by atoms with E-state index in [0.717, 1.165) is 23.5 Å². The van der Waals surface area contributed by atoms with Crippen LogP contribution in [-0.4, -0.2) is 29.2 Å². The molecule has 1 atom stereocenters. The summed E-state index contributed by atoms with van der Waals surface area (Å²) < 4.78 is 50.3. The quantitative estimate of drug-likeness (QED) is 0.211. The van der Waals surface area contributed by atoms with Crippen molar-refractivity contribution in [2.75, 3.05) is 6.61 Å². The molecule has 2 aromatic carbocycles. The van der Waals surface area contributed by atoms with Gasteiger partial charge in [-0.3, -0.25) is 0 Å². The van der Waals surface area contributed by atoms with Crippen LogP contribution in [0.2, 0.25) is 25.7 Å². The van der Waals surface area contributed by atoms with Gasteiger partial charge in [0.1, 0.15) is 24.2 Å². The first-order valence-electron chi connectivity index (χ1n) is 11.4. The molecular formula is C26H30F3N3OSi. The minimum Gasteiger partial charge on any atom is -0.361 e. The summed E-state index contributed by atoms with van der Waals surface area (Å²) in [6, 6.07) is 9.23. The maximum Gasteiger partial charge on any atom is 0.150 e. The second-order valence-electron chi connectivity index (χ2n) is 9.99. The monoisotopic (exact) mass is 485 g/mol. The molecule has 0 radical (unpaired) electrons. The van der Waals surface area contributed by atoms with Gasteiger partial charge < -0.3 is 14.3 Å². The molecule has 1 N–H and O–H groups in total. The number of nitrogens with zero attached hydrogens (tertiary/aromatic N) is 2. The fraction of sp³-hybridized carbons (Fsp3) is 0.346. The Hall–Kier alpha value is -2.84. The third kappa shape index (κ3) is 4.98. The van der Waals surface area contributed by atoms with Crippen LogP contribution in [0, 0.1) is 24.4 Å². The van der Waals surface area contributed by atoms with Gasteiger partial charge in [-0.25, -0.2) is 18.2 Å². The Kier molecular flexibility index (Phi) is 6.73. The van der Waals surface area contributed by atoms with Crippen LogP contribution in [0.25, 0.3) is 22.2 Å². The molecule has 0 bridgehead atoms. The predicted octanol–water partition coefficient (Wildman–Crippen LogP) is 7.22. The van der Waals surface area contributed by atoms with Crippen molar-refractivity contribution < 1.29 is 17.9 Å². The summed E-state index contributed by atoms with van der Waals surface area (Å²) in [5, 5.41) is 0.449. The molecule has 2 aromatic heterocycles. The van der Waals surface area contributed by atoms with Crippen LogP contribution in [0.1, 0.15) is 29.8 Å². The fourth-order valence-corrected chi connectivity index (χ4v) is 4.98. The van der Waals surface area contributed by atoms with Crippen molar-refractivity contribution in [2.24, 2.45) is 0 Å². The van der Waals surface area contributed by atoms with Crippen LogP contribution in [0.4, 0.5) is 13.2 Å². The molecule has 8 heteroatoms. The molecule has 4 nitrogen and oxygen atoms in total. The van der Waals surface area contributed by atoms with Gasteiger partial charge in [-0.1, -0.05) is 26.6 Å². The molecule has 0 aliphatic carbocycles. The minimum absolute atomic E-state index is 0.217. The van der Waals surface area contributed by atoms with E-state index in [4.69, 9.17) is 4.74 Å². The Morgan fingerprint density at radius 1 is 1.06 bits per heavy atom. The topological polar surface area (TPSA) is 42.8 Å². The van der Waals surface area contributed by atoms with Crippen LogP contribution < -0.4 is 0 Å². The predicted molar refractivity (Wildman–Crippen MR) is 132 cm³/mol. The van der Waals surface area contributed by atoms with Crippen LogP contribution in [-0.2, 0) is 11.5 Å². The lowest BCUT2D eigenvalue weighted by molar-refractivity contribution is 0.0858. The summed E-state index contributed by atoms with van der Waals surface area (Å²) in [6.07, 6.45) is 1.74. The van der Waals surface area contributed by atoms with Gasteiger partial charge in [-0.05, 0) is 54.4 Å². The summed E-state index contributed by atoms with van der Waals surface area (Å²) in [4.78, 5) is 7.74. The van der Waals surface area contributed by atoms with Crippen molar-refractivity contribution in [3.63, 3.8) is 0 Å². The van der Waals surface area contributed by atoms with Crippen LogP contribution in [0.3, 0.4) is 0 Å². The van der Waals surface area contributed by atoms with Crippen molar-refractivity contribution in [3.8, 4) is 11.3 Å². The number of fused-ring (bicyclic) bond motifs is 1. The molecule has 4 aromatic rings. The maximum absolute atomic E-state index is 14.7. The number of halogens is 3. The summed E-state index contributed by atoms with van der Waals surface area (Å²) in [7, 11) is -1.17. The summed E-state index contributed by atoms with van der Waals surface area (Å²) >= 11 is 0. The Morgan fingerprint density at radius 2 is 1.76 bits per heavy atom. The van der Waals surface area contributed by atoms with E-state index in [1.807, 2.05) is 18.4 Å². The number of aromatic amines is 1. The van der Waals surface area contributed by atoms with Crippen LogP contribution in [0.15, 0.2) is 42.7 Å². The molecule has 0 spiro atoms. The molecule has 0 saturated heterocycles. The number of H-pyrrole nitrogens is 1. The SMILES string of the molecule is Cc1c(C(C)c2c(-c3ccc(F)cc3)[nH]c3c(F)cc(F)cc23)ncn1COCC[Si](C)(C)C. The van der Waals surface area contributed by atoms with Gasteiger partial charge in [0, 0.05) is 37.7 Å².